The molecule has 0 unspecified atom stereocenters. The lowest BCUT2D eigenvalue weighted by Gasteiger charge is -2.28. The molecule has 39 heavy (non-hydrogen) atoms. The molecule has 200 valence electrons. The molecule has 0 N–H and O–H groups in total. The molecule has 0 spiro atoms. The van der Waals surface area contributed by atoms with Crippen LogP contribution >= 0.6 is 11.6 Å². The van der Waals surface area contributed by atoms with E-state index in [-0.39, 0.29) is 16.6 Å². The number of hydrogen-bond donors (Lipinski definition) is 0. The first kappa shape index (κ1) is 25.7. The Morgan fingerprint density at radius 2 is 1.72 bits per heavy atom. The van der Waals surface area contributed by atoms with Gasteiger partial charge in [-0.25, -0.2) is 21.8 Å². The fourth-order valence-electron chi connectivity index (χ4n) is 5.13. The molecule has 0 bridgehead atoms. The number of nitrogens with zero attached hydrogens (tertiary/aromatic N) is 5. The summed E-state index contributed by atoms with van der Waals surface area (Å²) in [6.45, 7) is 3.88. The van der Waals surface area contributed by atoms with Crippen molar-refractivity contribution >= 4 is 32.7 Å². The van der Waals surface area contributed by atoms with Crippen LogP contribution in [-0.4, -0.2) is 52.2 Å². The Morgan fingerprint density at radius 3 is 2.44 bits per heavy atom. The number of pyridine rings is 1. The van der Waals surface area contributed by atoms with Gasteiger partial charge in [0, 0.05) is 40.7 Å². The van der Waals surface area contributed by atoms with Crippen LogP contribution in [0.4, 0.5) is 4.39 Å². The van der Waals surface area contributed by atoms with Crippen LogP contribution in [0.5, 0.6) is 0 Å². The number of aromatic nitrogens is 4. The van der Waals surface area contributed by atoms with E-state index in [0.29, 0.717) is 32.8 Å². The number of hydrogen-bond acceptors (Lipinski definition) is 5. The second kappa shape index (κ2) is 9.89. The predicted octanol–water partition coefficient (Wildman–Crippen LogP) is 6.17. The van der Waals surface area contributed by atoms with Gasteiger partial charge in [0.25, 0.3) is 10.0 Å². The molecule has 0 atom stereocenters. The number of aryl methyl sites for hydroxylation is 1. The third kappa shape index (κ3) is 4.75. The van der Waals surface area contributed by atoms with E-state index in [1.807, 2.05) is 23.9 Å². The van der Waals surface area contributed by atoms with Gasteiger partial charge in [-0.05, 0) is 75.8 Å². The zero-order chi connectivity index (χ0) is 27.3. The van der Waals surface area contributed by atoms with Crippen LogP contribution in [0.25, 0.3) is 33.3 Å². The summed E-state index contributed by atoms with van der Waals surface area (Å²) < 4.78 is 44.7. The smallest absolute Gasteiger partial charge is 0.269 e. The van der Waals surface area contributed by atoms with Gasteiger partial charge < -0.3 is 4.90 Å². The van der Waals surface area contributed by atoms with Crippen molar-refractivity contribution in [2.45, 2.75) is 30.7 Å². The first-order chi connectivity index (χ1) is 18.7. The Bertz CT molecular complexity index is 1790. The molecule has 0 aliphatic carbocycles. The highest BCUT2D eigenvalue weighted by Crippen LogP contribution is 2.37. The van der Waals surface area contributed by atoms with E-state index in [9.17, 15) is 12.8 Å². The third-order valence-electron chi connectivity index (χ3n) is 7.39. The minimum atomic E-state index is -3.97. The number of fused-ring (bicyclic) bond motifs is 1. The van der Waals surface area contributed by atoms with Crippen LogP contribution in [-0.2, 0) is 10.0 Å². The highest BCUT2D eigenvalue weighted by Gasteiger charge is 2.25. The molecule has 1 aliphatic heterocycles. The normalized spacial score (nSPS) is 15.3. The Balaban J connectivity index is 1.50. The molecule has 0 radical (unpaired) electrons. The van der Waals surface area contributed by atoms with Gasteiger partial charge in [0.1, 0.15) is 5.82 Å². The molecule has 1 aliphatic rings. The predicted molar refractivity (Wildman–Crippen MR) is 151 cm³/mol. The molecule has 1 saturated heterocycles. The summed E-state index contributed by atoms with van der Waals surface area (Å²) in [7, 11) is -1.86. The molecule has 0 amide bonds. The molecule has 3 aromatic heterocycles. The van der Waals surface area contributed by atoms with Gasteiger partial charge in [0.05, 0.1) is 10.9 Å². The molecule has 1 fully saturated rings. The molecule has 5 aromatic rings. The van der Waals surface area contributed by atoms with Gasteiger partial charge >= 0.3 is 0 Å². The van der Waals surface area contributed by atoms with E-state index in [4.69, 9.17) is 11.6 Å². The van der Waals surface area contributed by atoms with Crippen molar-refractivity contribution < 1.29 is 12.8 Å². The van der Waals surface area contributed by atoms with Gasteiger partial charge in [-0.3, -0.25) is 4.68 Å². The fraction of sp³-hybridized carbons (Fsp3) is 0.241. The van der Waals surface area contributed by atoms with Crippen molar-refractivity contribution in [3.63, 3.8) is 0 Å². The standard InChI is InChI=1S/C29H27ClFN5O2S/c1-19-6-8-24(9-7-19)39(37,38)36-18-26(20-4-3-5-22(31)14-20)25-15-21(16-32-29(25)36)27-17-35(33-28(27)30)23-10-12-34(2)13-11-23/h3-9,14-18,23H,10-13H2,1-2H3. The van der Waals surface area contributed by atoms with Gasteiger partial charge in [0.2, 0.25) is 0 Å². The first-order valence-corrected chi connectivity index (χ1v) is 14.6. The highest BCUT2D eigenvalue weighted by molar-refractivity contribution is 7.90. The van der Waals surface area contributed by atoms with E-state index >= 15 is 0 Å². The zero-order valence-corrected chi connectivity index (χ0v) is 23.1. The van der Waals surface area contributed by atoms with Crippen LogP contribution in [0.1, 0.15) is 24.4 Å². The SMILES string of the molecule is Cc1ccc(S(=O)(=O)n2cc(-c3cccc(F)c3)c3cc(-c4cn(C5CCN(C)CC5)nc4Cl)cnc32)cc1. The maximum atomic E-state index is 14.2. The summed E-state index contributed by atoms with van der Waals surface area (Å²) in [5, 5.41) is 5.51. The Morgan fingerprint density at radius 1 is 0.974 bits per heavy atom. The summed E-state index contributed by atoms with van der Waals surface area (Å²) in [4.78, 5) is 7.03. The molecule has 7 nitrogen and oxygen atoms in total. The van der Waals surface area contributed by atoms with Crippen LogP contribution in [0.3, 0.4) is 0 Å². The van der Waals surface area contributed by atoms with E-state index in [1.165, 1.54) is 22.3 Å². The topological polar surface area (TPSA) is 73.0 Å². The quantitative estimate of drug-likeness (QED) is 0.256. The number of likely N-dealkylation sites (tertiary alicyclic amines) is 1. The lowest BCUT2D eigenvalue weighted by atomic mass is 10.0. The Labute approximate surface area is 231 Å². The first-order valence-electron chi connectivity index (χ1n) is 12.7. The minimum Gasteiger partial charge on any atom is -0.306 e. The van der Waals surface area contributed by atoms with Crippen molar-refractivity contribution in [1.29, 1.82) is 0 Å². The average molecular weight is 564 g/mol. The monoisotopic (exact) mass is 563 g/mol. The van der Waals surface area contributed by atoms with Gasteiger partial charge in [0.15, 0.2) is 10.8 Å². The van der Waals surface area contributed by atoms with E-state index in [1.54, 1.807) is 42.6 Å². The van der Waals surface area contributed by atoms with Gasteiger partial charge in [-0.15, -0.1) is 0 Å². The van der Waals surface area contributed by atoms with E-state index in [2.05, 4.69) is 22.0 Å². The summed E-state index contributed by atoms with van der Waals surface area (Å²) in [6.07, 6.45) is 7.02. The molecular formula is C29H27ClFN5O2S. The highest BCUT2D eigenvalue weighted by atomic mass is 35.5. The number of halogens is 2. The van der Waals surface area contributed by atoms with Crippen molar-refractivity contribution in [2.75, 3.05) is 20.1 Å². The summed E-state index contributed by atoms with van der Waals surface area (Å²) in [6, 6.07) is 14.8. The minimum absolute atomic E-state index is 0.143. The zero-order valence-electron chi connectivity index (χ0n) is 21.6. The molecule has 6 rings (SSSR count). The second-order valence-corrected chi connectivity index (χ2v) is 12.3. The largest absolute Gasteiger partial charge is 0.306 e. The molecular weight excluding hydrogens is 537 g/mol. The van der Waals surface area contributed by atoms with Crippen molar-refractivity contribution in [3.8, 4) is 22.3 Å². The van der Waals surface area contributed by atoms with E-state index in [0.717, 1.165) is 31.5 Å². The molecule has 0 saturated carbocycles. The molecule has 10 heteroatoms. The Hall–Kier alpha value is -3.53. The maximum Gasteiger partial charge on any atom is 0.269 e. The van der Waals surface area contributed by atoms with E-state index < -0.39 is 15.8 Å². The number of piperidine rings is 1. The number of rotatable bonds is 5. The van der Waals surface area contributed by atoms with Gasteiger partial charge in [-0.1, -0.05) is 41.4 Å². The summed E-state index contributed by atoms with van der Waals surface area (Å²) in [5.41, 5.74) is 3.71. The second-order valence-electron chi connectivity index (χ2n) is 10.1. The molecule has 2 aromatic carbocycles. The van der Waals surface area contributed by atoms with Crippen molar-refractivity contribution in [2.24, 2.45) is 0 Å². The van der Waals surface area contributed by atoms with Crippen LogP contribution in [0.2, 0.25) is 5.15 Å². The lowest BCUT2D eigenvalue weighted by Crippen LogP contribution is -2.31. The van der Waals surface area contributed by atoms with Crippen molar-refractivity contribution in [1.82, 2.24) is 23.6 Å². The lowest BCUT2D eigenvalue weighted by molar-refractivity contribution is 0.212. The number of benzene rings is 2. The van der Waals surface area contributed by atoms with Crippen molar-refractivity contribution in [3.05, 3.63) is 89.7 Å². The summed E-state index contributed by atoms with van der Waals surface area (Å²) in [5.74, 6) is -0.415. The average Bonchev–Trinajstić information content (AvgIpc) is 3.50. The van der Waals surface area contributed by atoms with Crippen LogP contribution < -0.4 is 0 Å². The van der Waals surface area contributed by atoms with Crippen LogP contribution in [0, 0.1) is 12.7 Å². The van der Waals surface area contributed by atoms with Crippen LogP contribution in [0.15, 0.2) is 78.1 Å². The maximum absolute atomic E-state index is 14.2. The van der Waals surface area contributed by atoms with Gasteiger partial charge in [-0.2, -0.15) is 5.10 Å². The summed E-state index contributed by atoms with van der Waals surface area (Å²) >= 11 is 6.61. The fourth-order valence-corrected chi connectivity index (χ4v) is 6.70. The molecule has 4 heterocycles. The Kier molecular flexibility index (Phi) is 6.53. The third-order valence-corrected chi connectivity index (χ3v) is 9.33.